The maximum atomic E-state index is 12.1. The third-order valence-corrected chi connectivity index (χ3v) is 5.45. The second-order valence-corrected chi connectivity index (χ2v) is 8.41. The van der Waals surface area contributed by atoms with Crippen LogP contribution in [0, 0.1) is 6.92 Å². The summed E-state index contributed by atoms with van der Waals surface area (Å²) in [5.41, 5.74) is 4.38. The second kappa shape index (κ2) is 8.88. The number of nitrogens with zero attached hydrogens (tertiary/aromatic N) is 1. The Morgan fingerprint density at radius 3 is 2.22 bits per heavy atom. The van der Waals surface area contributed by atoms with Crippen LogP contribution in [-0.4, -0.2) is 35.6 Å². The lowest BCUT2D eigenvalue weighted by atomic mass is 10.1. The fourth-order valence-electron chi connectivity index (χ4n) is 2.46. The zero-order valence-electron chi connectivity index (χ0n) is 16.0. The van der Waals surface area contributed by atoms with Crippen LogP contribution in [0.3, 0.4) is 0 Å². The molecule has 0 saturated carbocycles. The summed E-state index contributed by atoms with van der Waals surface area (Å²) in [6, 6.07) is 12.6. The van der Waals surface area contributed by atoms with Gasteiger partial charge >= 0.3 is 6.03 Å². The van der Waals surface area contributed by atoms with Crippen LogP contribution in [0.15, 0.2) is 42.5 Å². The number of nitrogens with one attached hydrogen (secondary N) is 3. The first-order valence-corrected chi connectivity index (χ1v) is 10.2. The molecule has 0 heterocycles. The van der Waals surface area contributed by atoms with Gasteiger partial charge in [-0.3, -0.25) is 0 Å². The molecule has 2 aromatic carbocycles. The number of amides is 2. The lowest BCUT2D eigenvalue weighted by molar-refractivity contribution is 0.251. The van der Waals surface area contributed by atoms with E-state index in [0.717, 1.165) is 22.5 Å². The van der Waals surface area contributed by atoms with Gasteiger partial charge < -0.3 is 15.5 Å². The van der Waals surface area contributed by atoms with Crippen molar-refractivity contribution < 1.29 is 13.2 Å². The molecule has 27 heavy (non-hydrogen) atoms. The molecule has 2 rings (SSSR count). The van der Waals surface area contributed by atoms with E-state index in [0.29, 0.717) is 12.1 Å². The number of rotatable bonds is 7. The Morgan fingerprint density at radius 1 is 1.04 bits per heavy atom. The van der Waals surface area contributed by atoms with Gasteiger partial charge in [-0.05, 0) is 48.9 Å². The molecule has 0 atom stereocenters. The Morgan fingerprint density at radius 2 is 1.67 bits per heavy atom. The molecule has 146 valence electrons. The lowest BCUT2D eigenvalue weighted by Crippen LogP contribution is -2.28. The first kappa shape index (κ1) is 20.7. The van der Waals surface area contributed by atoms with E-state index in [2.05, 4.69) is 15.4 Å². The fraction of sp³-hybridized carbons (Fsp3) is 0.316. The van der Waals surface area contributed by atoms with Crippen molar-refractivity contribution in [1.82, 2.24) is 10.0 Å². The molecule has 0 saturated heterocycles. The summed E-state index contributed by atoms with van der Waals surface area (Å²) < 4.78 is 25.4. The zero-order chi connectivity index (χ0) is 20.0. The van der Waals surface area contributed by atoms with Gasteiger partial charge in [0, 0.05) is 32.0 Å². The highest BCUT2D eigenvalue weighted by molar-refractivity contribution is 7.88. The molecule has 0 aliphatic heterocycles. The standard InChI is InChI=1S/C19H26N4O3S/c1-14-11-17(23(3)4)9-10-18(14)22-19(24)21-12-15-5-7-16(8-6-15)13-27(25,26)20-2/h5-11,20H,12-13H2,1-4H3,(H2,21,22,24). The van der Waals surface area contributed by atoms with Crippen LogP contribution in [0.4, 0.5) is 16.2 Å². The molecule has 2 aromatic rings. The summed E-state index contributed by atoms with van der Waals surface area (Å²) in [5, 5.41) is 5.64. The number of benzene rings is 2. The van der Waals surface area contributed by atoms with Crippen molar-refractivity contribution in [2.24, 2.45) is 0 Å². The van der Waals surface area contributed by atoms with Gasteiger partial charge in [0.2, 0.25) is 10.0 Å². The van der Waals surface area contributed by atoms with Crippen molar-refractivity contribution in [3.63, 3.8) is 0 Å². The van der Waals surface area contributed by atoms with E-state index < -0.39 is 10.0 Å². The second-order valence-electron chi connectivity index (χ2n) is 6.48. The number of sulfonamides is 1. The van der Waals surface area contributed by atoms with Crippen molar-refractivity contribution in [3.8, 4) is 0 Å². The molecule has 2 amide bonds. The quantitative estimate of drug-likeness (QED) is 0.677. The summed E-state index contributed by atoms with van der Waals surface area (Å²) in [4.78, 5) is 14.1. The van der Waals surface area contributed by atoms with Crippen molar-refractivity contribution in [1.29, 1.82) is 0 Å². The molecule has 0 aliphatic rings. The predicted molar refractivity (Wildman–Crippen MR) is 109 cm³/mol. The molecule has 0 fully saturated rings. The van der Waals surface area contributed by atoms with Gasteiger partial charge in [0.15, 0.2) is 0 Å². The Bertz CT molecular complexity index is 894. The van der Waals surface area contributed by atoms with E-state index in [4.69, 9.17) is 0 Å². The van der Waals surface area contributed by atoms with Crippen molar-refractivity contribution >= 4 is 27.4 Å². The molecule has 3 N–H and O–H groups in total. The number of hydrogen-bond acceptors (Lipinski definition) is 4. The van der Waals surface area contributed by atoms with E-state index in [1.54, 1.807) is 24.3 Å². The van der Waals surface area contributed by atoms with Crippen LogP contribution in [0.1, 0.15) is 16.7 Å². The number of anilines is 2. The van der Waals surface area contributed by atoms with Gasteiger partial charge in [-0.1, -0.05) is 24.3 Å². The van der Waals surface area contributed by atoms with E-state index in [1.807, 2.05) is 44.1 Å². The van der Waals surface area contributed by atoms with Crippen LogP contribution in [0.5, 0.6) is 0 Å². The maximum Gasteiger partial charge on any atom is 0.319 e. The minimum atomic E-state index is -3.29. The van der Waals surface area contributed by atoms with E-state index in [-0.39, 0.29) is 11.8 Å². The molecule has 0 unspecified atom stereocenters. The molecular weight excluding hydrogens is 364 g/mol. The maximum absolute atomic E-state index is 12.1. The third-order valence-electron chi connectivity index (χ3n) is 4.12. The van der Waals surface area contributed by atoms with Crippen LogP contribution >= 0.6 is 0 Å². The third kappa shape index (κ3) is 6.26. The molecule has 0 radical (unpaired) electrons. The summed E-state index contributed by atoms with van der Waals surface area (Å²) in [6.45, 7) is 2.29. The van der Waals surface area contributed by atoms with Gasteiger partial charge in [0.1, 0.15) is 0 Å². The number of hydrogen-bond donors (Lipinski definition) is 3. The largest absolute Gasteiger partial charge is 0.378 e. The minimum Gasteiger partial charge on any atom is -0.378 e. The molecule has 0 aromatic heterocycles. The Hall–Kier alpha value is -2.58. The molecule has 0 bridgehead atoms. The van der Waals surface area contributed by atoms with Gasteiger partial charge in [-0.15, -0.1) is 0 Å². The Labute approximate surface area is 160 Å². The van der Waals surface area contributed by atoms with Gasteiger partial charge in [0.05, 0.1) is 5.75 Å². The average Bonchev–Trinajstić information content (AvgIpc) is 2.62. The number of urea groups is 1. The Balaban J connectivity index is 1.90. The van der Waals surface area contributed by atoms with Gasteiger partial charge in [-0.2, -0.15) is 0 Å². The number of carbonyl (C=O) groups excluding carboxylic acids is 1. The lowest BCUT2D eigenvalue weighted by Gasteiger charge is -2.16. The zero-order valence-corrected chi connectivity index (χ0v) is 16.9. The fourth-order valence-corrected chi connectivity index (χ4v) is 3.24. The average molecular weight is 391 g/mol. The minimum absolute atomic E-state index is 0.0695. The summed E-state index contributed by atoms with van der Waals surface area (Å²) >= 11 is 0. The SMILES string of the molecule is CNS(=O)(=O)Cc1ccc(CNC(=O)Nc2ccc(N(C)C)cc2C)cc1. The van der Waals surface area contributed by atoms with E-state index >= 15 is 0 Å². The Kier molecular flexibility index (Phi) is 6.81. The van der Waals surface area contributed by atoms with Crippen molar-refractivity contribution in [2.45, 2.75) is 19.2 Å². The van der Waals surface area contributed by atoms with E-state index in [1.165, 1.54) is 7.05 Å². The van der Waals surface area contributed by atoms with Crippen molar-refractivity contribution in [2.75, 3.05) is 31.4 Å². The molecule has 0 spiro atoms. The topological polar surface area (TPSA) is 90.5 Å². The van der Waals surface area contributed by atoms with E-state index in [9.17, 15) is 13.2 Å². The molecular formula is C19H26N4O3S. The number of aryl methyl sites for hydroxylation is 1. The first-order valence-electron chi connectivity index (χ1n) is 8.52. The molecule has 0 aliphatic carbocycles. The van der Waals surface area contributed by atoms with Crippen LogP contribution in [0.2, 0.25) is 0 Å². The first-order chi connectivity index (χ1) is 12.7. The highest BCUT2D eigenvalue weighted by Gasteiger charge is 2.09. The van der Waals surface area contributed by atoms with Crippen LogP contribution in [-0.2, 0) is 22.3 Å². The van der Waals surface area contributed by atoms with Gasteiger partial charge in [0.25, 0.3) is 0 Å². The van der Waals surface area contributed by atoms with Gasteiger partial charge in [-0.25, -0.2) is 17.9 Å². The molecule has 7 nitrogen and oxygen atoms in total. The molecule has 8 heteroatoms. The predicted octanol–water partition coefficient (Wildman–Crippen LogP) is 2.43. The smallest absolute Gasteiger partial charge is 0.319 e. The van der Waals surface area contributed by atoms with Crippen LogP contribution < -0.4 is 20.3 Å². The summed E-state index contributed by atoms with van der Waals surface area (Å²) in [5.74, 6) is -0.0695. The van der Waals surface area contributed by atoms with Crippen molar-refractivity contribution in [3.05, 3.63) is 59.2 Å². The van der Waals surface area contributed by atoms with Crippen LogP contribution in [0.25, 0.3) is 0 Å². The summed E-state index contributed by atoms with van der Waals surface area (Å²) in [6.07, 6.45) is 0. The summed E-state index contributed by atoms with van der Waals surface area (Å²) in [7, 11) is 2.03. The highest BCUT2D eigenvalue weighted by atomic mass is 32.2. The number of carbonyl (C=O) groups is 1. The monoisotopic (exact) mass is 390 g/mol. The highest BCUT2D eigenvalue weighted by Crippen LogP contribution is 2.21. The normalized spacial score (nSPS) is 11.1.